The van der Waals surface area contributed by atoms with Crippen molar-refractivity contribution in [2.75, 3.05) is 0 Å². The Bertz CT molecular complexity index is 1000. The second-order valence-corrected chi connectivity index (χ2v) is 6.56. The first-order valence-electron chi connectivity index (χ1n) is 8.12. The number of aromatic nitrogens is 2. The highest BCUT2D eigenvalue weighted by Gasteiger charge is 2.16. The highest BCUT2D eigenvalue weighted by molar-refractivity contribution is 8.03. The smallest absolute Gasteiger partial charge is 0.342 e. The molecule has 0 spiro atoms. The number of Topliss-reactive ketones (excluding diaryl/α,β-unsaturated/α-hetero) is 1. The van der Waals surface area contributed by atoms with Crippen LogP contribution in [0.15, 0.2) is 55.4 Å². The molecule has 7 nitrogen and oxygen atoms in total. The number of carbonyl (C=O) groups is 2. The Morgan fingerprint density at radius 3 is 2.44 bits per heavy atom. The number of ketones is 1. The van der Waals surface area contributed by atoms with Gasteiger partial charge in [-0.05, 0) is 30.8 Å². The molecule has 1 aromatic carbocycles. The minimum Gasteiger partial charge on any atom is -0.477 e. The highest BCUT2D eigenvalue weighted by atomic mass is 32.2. The molecule has 27 heavy (non-hydrogen) atoms. The Balaban J connectivity index is 1.82. The first-order chi connectivity index (χ1) is 13.0. The first kappa shape index (κ1) is 18.7. The first-order valence-corrected chi connectivity index (χ1v) is 8.94. The van der Waals surface area contributed by atoms with E-state index in [1.807, 2.05) is 6.92 Å². The van der Waals surface area contributed by atoms with E-state index in [9.17, 15) is 14.7 Å². The Labute approximate surface area is 159 Å². The van der Waals surface area contributed by atoms with E-state index >= 15 is 0 Å². The molecule has 138 valence electrons. The zero-order valence-electron chi connectivity index (χ0n) is 14.6. The van der Waals surface area contributed by atoms with Crippen LogP contribution in [0.3, 0.4) is 0 Å². The normalized spacial score (nSPS) is 11.6. The van der Waals surface area contributed by atoms with E-state index in [0.29, 0.717) is 29.4 Å². The second-order valence-electron chi connectivity index (χ2n) is 5.57. The standard InChI is InChI=1S/C19H16N2O5S/c1-3-17-20-21-19(26-17)27-16(18(23)24)10-14-8-9-15(25-14)13-6-4-12(5-7-13)11(2)22/h4-10H,3H2,1-2H3,(H,23,24)/b16-10-. The molecular formula is C19H16N2O5S. The van der Waals surface area contributed by atoms with Crippen molar-refractivity contribution < 1.29 is 23.5 Å². The molecule has 0 fully saturated rings. The van der Waals surface area contributed by atoms with Crippen LogP contribution >= 0.6 is 11.8 Å². The number of aliphatic carboxylic acids is 1. The Kier molecular flexibility index (Phi) is 5.56. The summed E-state index contributed by atoms with van der Waals surface area (Å²) >= 11 is 0.862. The van der Waals surface area contributed by atoms with E-state index in [1.165, 1.54) is 13.0 Å². The molecular weight excluding hydrogens is 368 g/mol. The van der Waals surface area contributed by atoms with E-state index in [0.717, 1.165) is 17.3 Å². The zero-order valence-corrected chi connectivity index (χ0v) is 15.4. The van der Waals surface area contributed by atoms with Gasteiger partial charge in [0, 0.05) is 23.6 Å². The van der Waals surface area contributed by atoms with E-state index in [1.54, 1.807) is 36.4 Å². The van der Waals surface area contributed by atoms with Gasteiger partial charge in [-0.2, -0.15) is 0 Å². The van der Waals surface area contributed by atoms with Crippen molar-refractivity contribution in [3.63, 3.8) is 0 Å². The monoisotopic (exact) mass is 384 g/mol. The van der Waals surface area contributed by atoms with Crippen LogP contribution in [-0.2, 0) is 11.2 Å². The van der Waals surface area contributed by atoms with Crippen molar-refractivity contribution in [1.82, 2.24) is 10.2 Å². The summed E-state index contributed by atoms with van der Waals surface area (Å²) in [5.41, 5.74) is 1.40. The lowest BCUT2D eigenvalue weighted by molar-refractivity contribution is -0.131. The predicted octanol–water partition coefficient (Wildman–Crippen LogP) is 4.31. The van der Waals surface area contributed by atoms with Crippen molar-refractivity contribution in [2.24, 2.45) is 0 Å². The van der Waals surface area contributed by atoms with Crippen LogP contribution in [-0.4, -0.2) is 27.1 Å². The summed E-state index contributed by atoms with van der Waals surface area (Å²) in [5, 5.41) is 17.2. The van der Waals surface area contributed by atoms with Crippen LogP contribution in [0.5, 0.6) is 0 Å². The summed E-state index contributed by atoms with van der Waals surface area (Å²) < 4.78 is 11.0. The number of aryl methyl sites for hydroxylation is 1. The molecule has 0 bridgehead atoms. The van der Waals surface area contributed by atoms with Crippen molar-refractivity contribution in [1.29, 1.82) is 0 Å². The quantitative estimate of drug-likeness (QED) is 0.365. The lowest BCUT2D eigenvalue weighted by Gasteiger charge is -1.99. The Morgan fingerprint density at radius 1 is 1.11 bits per heavy atom. The maximum atomic E-state index is 11.5. The summed E-state index contributed by atoms with van der Waals surface area (Å²) in [6.07, 6.45) is 1.97. The number of rotatable bonds is 7. The number of furan rings is 1. The lowest BCUT2D eigenvalue weighted by Crippen LogP contribution is -1.96. The number of carboxylic acids is 1. The largest absolute Gasteiger partial charge is 0.477 e. The fourth-order valence-electron chi connectivity index (χ4n) is 2.24. The predicted molar refractivity (Wildman–Crippen MR) is 99.3 cm³/mol. The minimum atomic E-state index is -1.12. The van der Waals surface area contributed by atoms with Gasteiger partial charge in [0.1, 0.15) is 16.4 Å². The highest BCUT2D eigenvalue weighted by Crippen LogP contribution is 2.29. The Hall–Kier alpha value is -3.13. The lowest BCUT2D eigenvalue weighted by atomic mass is 10.1. The molecule has 0 aliphatic carbocycles. The molecule has 0 amide bonds. The number of benzene rings is 1. The SMILES string of the molecule is CCc1nnc(S/C(=C\c2ccc(-c3ccc(C(C)=O)cc3)o2)C(=O)O)o1. The summed E-state index contributed by atoms with van der Waals surface area (Å²) in [7, 11) is 0. The molecule has 2 aromatic heterocycles. The maximum Gasteiger partial charge on any atom is 0.342 e. The van der Waals surface area contributed by atoms with Crippen molar-refractivity contribution in [3.8, 4) is 11.3 Å². The summed E-state index contributed by atoms with van der Waals surface area (Å²) in [6, 6.07) is 10.4. The number of carboxylic acid groups (broad SMARTS) is 1. The van der Waals surface area contributed by atoms with Gasteiger partial charge in [-0.1, -0.05) is 31.2 Å². The third-order valence-corrected chi connectivity index (χ3v) is 4.49. The van der Waals surface area contributed by atoms with Gasteiger partial charge in [0.15, 0.2) is 5.78 Å². The van der Waals surface area contributed by atoms with Crippen molar-refractivity contribution in [3.05, 3.63) is 58.5 Å². The van der Waals surface area contributed by atoms with Gasteiger partial charge in [-0.25, -0.2) is 4.79 Å². The molecule has 0 atom stereocenters. The molecule has 0 saturated carbocycles. The maximum absolute atomic E-state index is 11.5. The van der Waals surface area contributed by atoms with Gasteiger partial charge < -0.3 is 13.9 Å². The summed E-state index contributed by atoms with van der Waals surface area (Å²) in [5.74, 6) is 0.245. The minimum absolute atomic E-state index is 0.00543. The van der Waals surface area contributed by atoms with Gasteiger partial charge >= 0.3 is 5.97 Å². The molecule has 0 aliphatic heterocycles. The van der Waals surface area contributed by atoms with E-state index < -0.39 is 5.97 Å². The molecule has 2 heterocycles. The molecule has 0 unspecified atom stereocenters. The second kappa shape index (κ2) is 8.05. The summed E-state index contributed by atoms with van der Waals surface area (Å²) in [4.78, 5) is 22.9. The van der Waals surface area contributed by atoms with Gasteiger partial charge in [-0.3, -0.25) is 4.79 Å². The molecule has 1 N–H and O–H groups in total. The van der Waals surface area contributed by atoms with Gasteiger partial charge in [0.25, 0.3) is 5.22 Å². The van der Waals surface area contributed by atoms with Crippen LogP contribution in [0, 0.1) is 0 Å². The topological polar surface area (TPSA) is 106 Å². The number of hydrogen-bond acceptors (Lipinski definition) is 7. The Morgan fingerprint density at radius 2 is 1.85 bits per heavy atom. The van der Waals surface area contributed by atoms with Gasteiger partial charge in [0.2, 0.25) is 5.89 Å². The third kappa shape index (κ3) is 4.53. The number of thioether (sulfide) groups is 1. The van der Waals surface area contributed by atoms with E-state index in [-0.39, 0.29) is 15.9 Å². The zero-order chi connectivity index (χ0) is 19.4. The fourth-order valence-corrected chi connectivity index (χ4v) is 2.91. The van der Waals surface area contributed by atoms with Crippen LogP contribution in [0.1, 0.15) is 35.9 Å². The molecule has 0 radical (unpaired) electrons. The van der Waals surface area contributed by atoms with Gasteiger partial charge in [0.05, 0.1) is 0 Å². The average Bonchev–Trinajstić information content (AvgIpc) is 3.30. The molecule has 0 saturated heterocycles. The number of nitrogens with zero attached hydrogens (tertiary/aromatic N) is 2. The van der Waals surface area contributed by atoms with Crippen LogP contribution in [0.2, 0.25) is 0 Å². The molecule has 0 aliphatic rings. The molecule has 8 heteroatoms. The van der Waals surface area contributed by atoms with Crippen LogP contribution in [0.25, 0.3) is 17.4 Å². The van der Waals surface area contributed by atoms with Crippen LogP contribution < -0.4 is 0 Å². The van der Waals surface area contributed by atoms with Gasteiger partial charge in [-0.15, -0.1) is 10.2 Å². The summed E-state index contributed by atoms with van der Waals surface area (Å²) in [6.45, 7) is 3.37. The molecule has 3 rings (SSSR count). The van der Waals surface area contributed by atoms with Crippen molar-refractivity contribution in [2.45, 2.75) is 25.5 Å². The van der Waals surface area contributed by atoms with Crippen LogP contribution in [0.4, 0.5) is 0 Å². The number of carbonyl (C=O) groups excluding carboxylic acids is 1. The van der Waals surface area contributed by atoms with E-state index in [4.69, 9.17) is 8.83 Å². The third-order valence-electron chi connectivity index (χ3n) is 3.63. The fraction of sp³-hybridized carbons (Fsp3) is 0.158. The van der Waals surface area contributed by atoms with E-state index in [2.05, 4.69) is 10.2 Å². The molecule has 3 aromatic rings. The van der Waals surface area contributed by atoms with Crippen molar-refractivity contribution >= 4 is 29.6 Å². The number of hydrogen-bond donors (Lipinski definition) is 1. The average molecular weight is 384 g/mol.